The average Bonchev–Trinajstić information content (AvgIpc) is 3.34. The smallest absolute Gasteiger partial charge is 0.303 e. The topological polar surface area (TPSA) is 146 Å². The molecule has 4 saturated carbocycles. The van der Waals surface area contributed by atoms with E-state index in [9.17, 15) is 19.8 Å². The number of unbranched alkanes of at least 4 members (excludes halogenated alkanes) is 2. The summed E-state index contributed by atoms with van der Waals surface area (Å²) in [5.74, 6) is 0.201. The summed E-state index contributed by atoms with van der Waals surface area (Å²) in [4.78, 5) is 26.9. The number of rotatable bonds is 18. The Hall–Kier alpha value is -1.78. The minimum atomic E-state index is -0.532. The number of amides is 1. The van der Waals surface area contributed by atoms with Crippen molar-refractivity contribution in [3.63, 3.8) is 0 Å². The summed E-state index contributed by atoms with van der Waals surface area (Å²) in [6.45, 7) is 20.2. The van der Waals surface area contributed by atoms with Gasteiger partial charge in [0.15, 0.2) is 0 Å². The van der Waals surface area contributed by atoms with E-state index >= 15 is 0 Å². The molecule has 1 amide bonds. The molecule has 10 atom stereocenters. The van der Waals surface area contributed by atoms with Crippen LogP contribution in [0.3, 0.4) is 0 Å². The zero-order chi connectivity index (χ0) is 37.4. The van der Waals surface area contributed by atoms with Crippen molar-refractivity contribution in [1.82, 2.24) is 16.0 Å². The molecule has 4 aliphatic rings. The average molecular weight is 715 g/mol. The summed E-state index contributed by atoms with van der Waals surface area (Å²) in [7, 11) is 0. The van der Waals surface area contributed by atoms with Gasteiger partial charge in [0.05, 0.1) is 12.2 Å². The van der Waals surface area contributed by atoms with Crippen LogP contribution in [0.4, 0.5) is 0 Å². The molecule has 0 spiro atoms. The van der Waals surface area contributed by atoms with Crippen LogP contribution in [-0.2, 0) is 14.3 Å². The molecule has 4 rings (SSSR count). The fraction of sp³-hybridized carbons (Fsp3) is 0.857. The number of carbonyl (C=O) groups excluding carboxylic acids is 2. The number of allylic oxidation sites excluding steroid dienone is 2. The number of aliphatic hydroxyl groups is 2. The molecule has 0 aromatic rings. The van der Waals surface area contributed by atoms with Crippen molar-refractivity contribution >= 4 is 11.9 Å². The van der Waals surface area contributed by atoms with Crippen LogP contribution in [0.1, 0.15) is 132 Å². The third kappa shape index (κ3) is 9.30. The van der Waals surface area contributed by atoms with Gasteiger partial charge in [0, 0.05) is 19.0 Å². The van der Waals surface area contributed by atoms with Crippen molar-refractivity contribution in [1.29, 1.82) is 0 Å². The number of esters is 1. The Morgan fingerprint density at radius 3 is 2.18 bits per heavy atom. The summed E-state index contributed by atoms with van der Waals surface area (Å²) < 4.78 is 6.16. The van der Waals surface area contributed by atoms with E-state index in [1.165, 1.54) is 12.5 Å². The maximum absolute atomic E-state index is 14.2. The van der Waals surface area contributed by atoms with Gasteiger partial charge in [-0.1, -0.05) is 39.3 Å². The van der Waals surface area contributed by atoms with Crippen LogP contribution >= 0.6 is 0 Å². The third-order valence-corrected chi connectivity index (χ3v) is 14.2. The molecular formula is C42H74N4O5. The van der Waals surface area contributed by atoms with Crippen LogP contribution in [0.25, 0.3) is 0 Å². The molecule has 0 saturated heterocycles. The maximum Gasteiger partial charge on any atom is 0.303 e. The molecular weight excluding hydrogens is 640 g/mol. The number of aliphatic hydroxyl groups excluding tert-OH is 2. The van der Waals surface area contributed by atoms with E-state index in [1.54, 1.807) is 0 Å². The predicted octanol–water partition coefficient (Wildman–Crippen LogP) is 5.79. The third-order valence-electron chi connectivity index (χ3n) is 14.2. The van der Waals surface area contributed by atoms with Crippen LogP contribution in [0.15, 0.2) is 22.8 Å². The molecule has 9 nitrogen and oxygen atoms in total. The highest BCUT2D eigenvalue weighted by Gasteiger charge is 2.70. The summed E-state index contributed by atoms with van der Waals surface area (Å²) in [5, 5.41) is 33.3. The van der Waals surface area contributed by atoms with Gasteiger partial charge in [-0.3, -0.25) is 9.59 Å². The first-order valence-corrected chi connectivity index (χ1v) is 20.5. The maximum atomic E-state index is 14.2. The summed E-state index contributed by atoms with van der Waals surface area (Å²) in [6, 6.07) is 0. The fourth-order valence-corrected chi connectivity index (χ4v) is 11.5. The minimum absolute atomic E-state index is 0.0586. The monoisotopic (exact) mass is 715 g/mol. The largest absolute Gasteiger partial charge is 0.458 e. The molecule has 0 aromatic heterocycles. The van der Waals surface area contributed by atoms with E-state index in [1.807, 2.05) is 0 Å². The lowest BCUT2D eigenvalue weighted by molar-refractivity contribution is -0.234. The number of fused-ring (bicyclic) bond motifs is 5. The number of hydrogen-bond donors (Lipinski definition) is 6. The van der Waals surface area contributed by atoms with Crippen molar-refractivity contribution in [2.24, 2.45) is 45.7 Å². The van der Waals surface area contributed by atoms with Crippen LogP contribution in [0, 0.1) is 39.9 Å². The van der Waals surface area contributed by atoms with Gasteiger partial charge in [0.2, 0.25) is 5.91 Å². The first kappa shape index (κ1) is 42.0. The van der Waals surface area contributed by atoms with Crippen molar-refractivity contribution in [2.45, 2.75) is 150 Å². The van der Waals surface area contributed by atoms with Crippen molar-refractivity contribution in [3.8, 4) is 0 Å². The minimum Gasteiger partial charge on any atom is -0.458 e. The highest BCUT2D eigenvalue weighted by molar-refractivity contribution is 5.94. The number of nitrogens with two attached hydrogens (primary N) is 1. The zero-order valence-electron chi connectivity index (χ0n) is 33.3. The second-order valence-corrected chi connectivity index (χ2v) is 17.7. The predicted molar refractivity (Wildman–Crippen MR) is 206 cm³/mol. The number of nitrogens with one attached hydrogen (secondary N) is 3. The quantitative estimate of drug-likeness (QED) is 0.0453. The van der Waals surface area contributed by atoms with Crippen LogP contribution < -0.4 is 21.7 Å². The molecule has 4 aliphatic carbocycles. The number of hydrogen-bond acceptors (Lipinski definition) is 8. The van der Waals surface area contributed by atoms with Gasteiger partial charge in [-0.25, -0.2) is 0 Å². The molecule has 292 valence electrons. The Kier molecular flexibility index (Phi) is 15.2. The van der Waals surface area contributed by atoms with Crippen LogP contribution in [-0.4, -0.2) is 79.7 Å². The lowest BCUT2D eigenvalue weighted by Gasteiger charge is -2.69. The fourth-order valence-electron chi connectivity index (χ4n) is 11.5. The summed E-state index contributed by atoms with van der Waals surface area (Å²) in [6.07, 6.45) is 12.2. The Bertz CT molecular complexity index is 1230. The lowest BCUT2D eigenvalue weighted by Crippen LogP contribution is -2.65. The Balaban J connectivity index is 1.51. The van der Waals surface area contributed by atoms with Gasteiger partial charge in [0.25, 0.3) is 0 Å². The molecule has 7 N–H and O–H groups in total. The van der Waals surface area contributed by atoms with Crippen LogP contribution in [0.5, 0.6) is 0 Å². The van der Waals surface area contributed by atoms with Crippen LogP contribution in [0.2, 0.25) is 0 Å². The molecule has 4 fully saturated rings. The van der Waals surface area contributed by atoms with E-state index in [-0.39, 0.29) is 52.0 Å². The van der Waals surface area contributed by atoms with Gasteiger partial charge < -0.3 is 36.6 Å². The van der Waals surface area contributed by atoms with E-state index in [0.717, 1.165) is 108 Å². The highest BCUT2D eigenvalue weighted by Crippen LogP contribution is 2.74. The number of ether oxygens (including phenoxy) is 1. The Morgan fingerprint density at radius 2 is 1.53 bits per heavy atom. The molecule has 0 radical (unpaired) electrons. The Morgan fingerprint density at radius 1 is 0.882 bits per heavy atom. The molecule has 0 bridgehead atoms. The summed E-state index contributed by atoms with van der Waals surface area (Å²) >= 11 is 0. The second kappa shape index (κ2) is 18.5. The zero-order valence-corrected chi connectivity index (χ0v) is 33.3. The summed E-state index contributed by atoms with van der Waals surface area (Å²) in [5.41, 5.74) is 7.91. The molecule has 51 heavy (non-hydrogen) atoms. The van der Waals surface area contributed by atoms with Crippen molar-refractivity contribution in [3.05, 3.63) is 22.8 Å². The van der Waals surface area contributed by atoms with E-state index in [2.05, 4.69) is 63.6 Å². The lowest BCUT2D eigenvalue weighted by atomic mass is 9.36. The number of carbonyl (C=O) groups is 2. The van der Waals surface area contributed by atoms with Gasteiger partial charge in [-0.05, 0) is 176 Å². The van der Waals surface area contributed by atoms with Crippen molar-refractivity contribution in [2.75, 3.05) is 39.3 Å². The van der Waals surface area contributed by atoms with E-state index in [0.29, 0.717) is 31.7 Å². The van der Waals surface area contributed by atoms with Gasteiger partial charge >= 0.3 is 5.97 Å². The van der Waals surface area contributed by atoms with Gasteiger partial charge in [0.1, 0.15) is 6.10 Å². The molecule has 3 unspecified atom stereocenters. The van der Waals surface area contributed by atoms with E-state index < -0.39 is 12.2 Å². The molecule has 0 aliphatic heterocycles. The first-order valence-electron chi connectivity index (χ1n) is 20.5. The second-order valence-electron chi connectivity index (χ2n) is 17.7. The van der Waals surface area contributed by atoms with Gasteiger partial charge in [-0.2, -0.15) is 0 Å². The van der Waals surface area contributed by atoms with Gasteiger partial charge in [-0.15, -0.1) is 0 Å². The Labute approximate surface area is 309 Å². The highest BCUT2D eigenvalue weighted by atomic mass is 16.5. The standard InChI is InChI=1S/C42H74N4O5/c1-28(2)14-12-15-31(39(50)46-25-11-10-22-45-24-13-23-44-21-9-8-20-43)37-33-26-35(49)38-40(5)18-17-34(48)29(3)32(40)16-19-41(38,6)42(33,7)27-36(37)51-30(4)47/h14,29,32-36,38,44-45,48-49H,8-13,15-27,43H2,1-7H3,(H,46,50)/t29-,32?,33?,34+,35+,36-,38?,40-,41-,42-/m0/s1. The first-order chi connectivity index (χ1) is 24.2. The normalized spacial score (nSPS) is 36.8. The van der Waals surface area contributed by atoms with E-state index in [4.69, 9.17) is 10.5 Å². The SMILES string of the molecule is CC(=O)O[C@H]1C[C@@]2(C)C(C[C@@H](O)C3[C@@]4(C)CC[C@@H](O)[C@@H](C)C4CC[C@@]32C)C1=C(CCC=C(C)C)C(=O)NCCCCNCCCNCCCCN. The molecule has 9 heteroatoms. The molecule has 0 aromatic carbocycles. The van der Waals surface area contributed by atoms with Crippen molar-refractivity contribution < 1.29 is 24.5 Å². The molecule has 0 heterocycles.